The van der Waals surface area contributed by atoms with Gasteiger partial charge in [-0.25, -0.2) is 0 Å². The van der Waals surface area contributed by atoms with Crippen LogP contribution in [0.2, 0.25) is 0 Å². The van der Waals surface area contributed by atoms with Crippen LogP contribution in [-0.2, 0) is 0 Å². The summed E-state index contributed by atoms with van der Waals surface area (Å²) in [7, 11) is 1.51. The number of benzene rings is 1. The van der Waals surface area contributed by atoms with Gasteiger partial charge < -0.3 is 19.8 Å². The van der Waals surface area contributed by atoms with E-state index in [9.17, 15) is 15.0 Å². The molecule has 0 spiro atoms. The van der Waals surface area contributed by atoms with Crippen LogP contribution in [0.1, 0.15) is 36.5 Å². The van der Waals surface area contributed by atoms with Crippen LogP contribution < -0.4 is 4.74 Å². The number of likely N-dealkylation sites (tertiary alicyclic amines) is 1. The summed E-state index contributed by atoms with van der Waals surface area (Å²) in [5, 5.41) is 19.4. The fourth-order valence-corrected chi connectivity index (χ4v) is 2.72. The van der Waals surface area contributed by atoms with Crippen molar-refractivity contribution >= 4 is 5.91 Å². The number of aliphatic hydroxyl groups excluding tert-OH is 1. The summed E-state index contributed by atoms with van der Waals surface area (Å²) in [6.07, 6.45) is 1.97. The lowest BCUT2D eigenvalue weighted by Crippen LogP contribution is -2.37. The molecule has 0 radical (unpaired) electrons. The van der Waals surface area contributed by atoms with Crippen LogP contribution in [-0.4, -0.2) is 46.8 Å². The predicted molar refractivity (Wildman–Crippen MR) is 75.0 cm³/mol. The number of hydrogen-bond acceptors (Lipinski definition) is 4. The van der Waals surface area contributed by atoms with Gasteiger partial charge in [-0.1, -0.05) is 0 Å². The molecule has 2 atom stereocenters. The molecule has 2 rings (SSSR count). The van der Waals surface area contributed by atoms with E-state index in [0.717, 1.165) is 12.8 Å². The number of carbonyl (C=O) groups is 1. The molecule has 1 aromatic rings. The second-order valence-corrected chi connectivity index (χ2v) is 5.26. The zero-order chi connectivity index (χ0) is 14.7. The molecule has 1 aliphatic heterocycles. The molecule has 1 saturated heterocycles. The number of amides is 1. The minimum atomic E-state index is -0.433. The van der Waals surface area contributed by atoms with Crippen molar-refractivity contribution in [2.75, 3.05) is 13.7 Å². The third kappa shape index (κ3) is 3.04. The molecule has 2 unspecified atom stereocenters. The van der Waals surface area contributed by atoms with E-state index in [0.29, 0.717) is 18.7 Å². The first-order valence-corrected chi connectivity index (χ1v) is 6.89. The maximum atomic E-state index is 12.5. The Balaban J connectivity index is 2.18. The van der Waals surface area contributed by atoms with Crippen LogP contribution in [0.3, 0.4) is 0 Å². The van der Waals surface area contributed by atoms with E-state index < -0.39 is 6.10 Å². The molecule has 1 heterocycles. The number of phenols is 1. The maximum Gasteiger partial charge on any atom is 0.257 e. The number of aromatic hydroxyl groups is 1. The first-order valence-electron chi connectivity index (χ1n) is 6.89. The quantitative estimate of drug-likeness (QED) is 0.881. The largest absolute Gasteiger partial charge is 0.507 e. The van der Waals surface area contributed by atoms with E-state index in [4.69, 9.17) is 4.74 Å². The van der Waals surface area contributed by atoms with Gasteiger partial charge >= 0.3 is 0 Å². The molecule has 20 heavy (non-hydrogen) atoms. The minimum Gasteiger partial charge on any atom is -0.507 e. The number of phenolic OH excluding ortho intramolecular Hbond substituents is 1. The van der Waals surface area contributed by atoms with Crippen molar-refractivity contribution in [1.82, 2.24) is 4.90 Å². The smallest absolute Gasteiger partial charge is 0.257 e. The Morgan fingerprint density at radius 2 is 2.30 bits per heavy atom. The van der Waals surface area contributed by atoms with Gasteiger partial charge in [0.15, 0.2) is 0 Å². The Morgan fingerprint density at radius 3 is 2.90 bits per heavy atom. The lowest BCUT2D eigenvalue weighted by Gasteiger charge is -2.26. The number of hydrogen-bond donors (Lipinski definition) is 2. The van der Waals surface area contributed by atoms with Crippen molar-refractivity contribution in [3.63, 3.8) is 0 Å². The fourth-order valence-electron chi connectivity index (χ4n) is 2.72. The molecule has 110 valence electrons. The third-order valence-electron chi connectivity index (χ3n) is 3.69. The average molecular weight is 279 g/mol. The van der Waals surface area contributed by atoms with Gasteiger partial charge in [-0.2, -0.15) is 0 Å². The highest BCUT2D eigenvalue weighted by Gasteiger charge is 2.31. The summed E-state index contributed by atoms with van der Waals surface area (Å²) in [5.41, 5.74) is 0.281. The first kappa shape index (κ1) is 14.7. The lowest BCUT2D eigenvalue weighted by atomic mass is 10.1. The van der Waals surface area contributed by atoms with Crippen LogP contribution in [0.25, 0.3) is 0 Å². The van der Waals surface area contributed by atoms with E-state index in [2.05, 4.69) is 0 Å². The second kappa shape index (κ2) is 6.13. The molecule has 5 nitrogen and oxygen atoms in total. The summed E-state index contributed by atoms with van der Waals surface area (Å²) in [6.45, 7) is 2.40. The van der Waals surface area contributed by atoms with Crippen molar-refractivity contribution < 1.29 is 19.7 Å². The Bertz CT molecular complexity index is 487. The van der Waals surface area contributed by atoms with E-state index in [-0.39, 0.29) is 23.3 Å². The number of aliphatic hydroxyl groups is 1. The summed E-state index contributed by atoms with van der Waals surface area (Å²) in [6, 6.07) is 4.72. The van der Waals surface area contributed by atoms with Crippen LogP contribution in [0.5, 0.6) is 11.5 Å². The molecule has 0 bridgehead atoms. The molecular formula is C15H21NO4. The summed E-state index contributed by atoms with van der Waals surface area (Å²) in [4.78, 5) is 14.2. The second-order valence-electron chi connectivity index (χ2n) is 5.26. The Kier molecular flexibility index (Phi) is 4.49. The lowest BCUT2D eigenvalue weighted by molar-refractivity contribution is 0.0679. The fraction of sp³-hybridized carbons (Fsp3) is 0.533. The van der Waals surface area contributed by atoms with Crippen LogP contribution in [0.15, 0.2) is 18.2 Å². The summed E-state index contributed by atoms with van der Waals surface area (Å²) in [5.74, 6) is 0.256. The third-order valence-corrected chi connectivity index (χ3v) is 3.69. The highest BCUT2D eigenvalue weighted by molar-refractivity contribution is 5.97. The monoisotopic (exact) mass is 279 g/mol. The highest BCUT2D eigenvalue weighted by Crippen LogP contribution is 2.29. The predicted octanol–water partition coefficient (Wildman–Crippen LogP) is 1.78. The van der Waals surface area contributed by atoms with Crippen molar-refractivity contribution in [3.8, 4) is 11.5 Å². The van der Waals surface area contributed by atoms with Gasteiger partial charge in [0, 0.05) is 18.7 Å². The molecule has 1 aliphatic rings. The topological polar surface area (TPSA) is 70.0 Å². The van der Waals surface area contributed by atoms with Gasteiger partial charge in [-0.3, -0.25) is 4.79 Å². The van der Waals surface area contributed by atoms with Gasteiger partial charge in [-0.05, 0) is 38.3 Å². The molecule has 1 aromatic carbocycles. The Hall–Kier alpha value is -1.75. The van der Waals surface area contributed by atoms with Crippen molar-refractivity contribution in [2.24, 2.45) is 0 Å². The van der Waals surface area contributed by atoms with E-state index >= 15 is 0 Å². The zero-order valence-electron chi connectivity index (χ0n) is 11.9. The first-order chi connectivity index (χ1) is 9.52. The maximum absolute atomic E-state index is 12.5. The van der Waals surface area contributed by atoms with Crippen LogP contribution in [0, 0.1) is 0 Å². The molecule has 0 aliphatic carbocycles. The van der Waals surface area contributed by atoms with E-state index in [1.54, 1.807) is 24.0 Å². The van der Waals surface area contributed by atoms with Gasteiger partial charge in [0.25, 0.3) is 5.91 Å². The molecule has 2 N–H and O–H groups in total. The average Bonchev–Trinajstić information content (AvgIpc) is 2.85. The minimum absolute atomic E-state index is 0.0454. The SMILES string of the molecule is COc1ccc(C(=O)N2CCCC2CC(C)O)c(O)c1. The number of methoxy groups -OCH3 is 1. The number of carbonyl (C=O) groups excluding carboxylic acids is 1. The van der Waals surface area contributed by atoms with Gasteiger partial charge in [-0.15, -0.1) is 0 Å². The van der Waals surface area contributed by atoms with E-state index in [1.165, 1.54) is 13.2 Å². The van der Waals surface area contributed by atoms with Crippen LogP contribution in [0.4, 0.5) is 0 Å². The van der Waals surface area contributed by atoms with Crippen molar-refractivity contribution in [1.29, 1.82) is 0 Å². The van der Waals surface area contributed by atoms with Crippen molar-refractivity contribution in [3.05, 3.63) is 23.8 Å². The van der Waals surface area contributed by atoms with Gasteiger partial charge in [0.2, 0.25) is 0 Å². The molecule has 1 fully saturated rings. The molecule has 5 heteroatoms. The normalized spacial score (nSPS) is 19.9. The number of ether oxygens (including phenoxy) is 1. The highest BCUT2D eigenvalue weighted by atomic mass is 16.5. The summed E-state index contributed by atoms with van der Waals surface area (Å²) < 4.78 is 5.01. The summed E-state index contributed by atoms with van der Waals surface area (Å²) >= 11 is 0. The molecule has 0 saturated carbocycles. The van der Waals surface area contributed by atoms with Gasteiger partial charge in [0.1, 0.15) is 11.5 Å². The number of rotatable bonds is 4. The Morgan fingerprint density at radius 1 is 1.55 bits per heavy atom. The Labute approximate surface area is 118 Å². The molecule has 1 amide bonds. The van der Waals surface area contributed by atoms with Crippen LogP contribution >= 0.6 is 0 Å². The standard InChI is InChI=1S/C15H21NO4/c1-10(17)8-11-4-3-7-16(11)15(19)13-6-5-12(20-2)9-14(13)18/h5-6,9-11,17-18H,3-4,7-8H2,1-2H3. The van der Waals surface area contributed by atoms with E-state index in [1.807, 2.05) is 0 Å². The number of nitrogens with zero attached hydrogens (tertiary/aromatic N) is 1. The zero-order valence-corrected chi connectivity index (χ0v) is 11.9. The molecular weight excluding hydrogens is 258 g/mol. The molecule has 0 aromatic heterocycles. The van der Waals surface area contributed by atoms with Gasteiger partial charge in [0.05, 0.1) is 18.8 Å². The van der Waals surface area contributed by atoms with Crippen molar-refractivity contribution in [2.45, 2.75) is 38.3 Å².